The number of hydrogen-bond acceptors (Lipinski definition) is 6. The number of aliphatic hydroxyl groups is 1. The molecule has 212 valence electrons. The van der Waals surface area contributed by atoms with Crippen molar-refractivity contribution < 1.29 is 19.8 Å². The van der Waals surface area contributed by atoms with E-state index < -0.39 is 17.6 Å². The number of fused-ring (bicyclic) bond motifs is 2. The molecular weight excluding hydrogens is 518 g/mol. The lowest BCUT2D eigenvalue weighted by Crippen LogP contribution is -2.44. The maximum Gasteiger partial charge on any atom is 0.314 e. The minimum absolute atomic E-state index is 0.228. The SMILES string of the molecule is CN1CCN(CCCC(C(=O)O)c2nc3ccc(C4(O)c5ccccc5C(=O)N4Cc4ccccc4)cc3[nH]2)CC1. The van der Waals surface area contributed by atoms with E-state index in [0.717, 1.165) is 44.7 Å². The van der Waals surface area contributed by atoms with E-state index in [-0.39, 0.29) is 12.5 Å². The summed E-state index contributed by atoms with van der Waals surface area (Å²) in [5.41, 5.74) is 1.93. The van der Waals surface area contributed by atoms with Crippen LogP contribution in [0.3, 0.4) is 0 Å². The van der Waals surface area contributed by atoms with E-state index in [4.69, 9.17) is 0 Å². The summed E-state index contributed by atoms with van der Waals surface area (Å²) in [5.74, 6) is -1.52. The number of hydrogen-bond donors (Lipinski definition) is 3. The van der Waals surface area contributed by atoms with Crippen LogP contribution in [0, 0.1) is 0 Å². The van der Waals surface area contributed by atoms with Crippen LogP contribution >= 0.6 is 0 Å². The fraction of sp³-hybridized carbons (Fsp3) is 0.344. The van der Waals surface area contributed by atoms with Crippen LogP contribution in [0.4, 0.5) is 0 Å². The maximum absolute atomic E-state index is 13.5. The number of carboxylic acid groups (broad SMARTS) is 1. The molecule has 9 heteroatoms. The zero-order chi connectivity index (χ0) is 28.6. The Bertz CT molecular complexity index is 1560. The van der Waals surface area contributed by atoms with E-state index in [1.54, 1.807) is 36.4 Å². The third kappa shape index (κ3) is 5.12. The van der Waals surface area contributed by atoms with Gasteiger partial charge in [-0.25, -0.2) is 4.98 Å². The van der Waals surface area contributed by atoms with E-state index in [9.17, 15) is 19.8 Å². The Morgan fingerprint density at radius 3 is 2.51 bits per heavy atom. The molecule has 41 heavy (non-hydrogen) atoms. The number of nitrogens with zero attached hydrogens (tertiary/aromatic N) is 4. The summed E-state index contributed by atoms with van der Waals surface area (Å²) in [6, 6.07) is 22.0. The summed E-state index contributed by atoms with van der Waals surface area (Å²) in [6.45, 7) is 5.14. The number of aromatic nitrogens is 2. The van der Waals surface area contributed by atoms with Crippen LogP contribution in [0.15, 0.2) is 72.8 Å². The minimum atomic E-state index is -1.70. The second kappa shape index (κ2) is 11.1. The summed E-state index contributed by atoms with van der Waals surface area (Å²) >= 11 is 0. The number of carboxylic acids is 1. The van der Waals surface area contributed by atoms with Gasteiger partial charge in [0.15, 0.2) is 5.72 Å². The fourth-order valence-electron chi connectivity index (χ4n) is 6.05. The number of rotatable bonds is 9. The summed E-state index contributed by atoms with van der Waals surface area (Å²) in [7, 11) is 2.12. The molecule has 2 atom stereocenters. The summed E-state index contributed by atoms with van der Waals surface area (Å²) in [5, 5.41) is 22.3. The van der Waals surface area contributed by atoms with Gasteiger partial charge in [-0.05, 0) is 50.2 Å². The van der Waals surface area contributed by atoms with Crippen molar-refractivity contribution in [2.75, 3.05) is 39.8 Å². The van der Waals surface area contributed by atoms with Crippen LogP contribution < -0.4 is 0 Å². The Balaban J connectivity index is 1.29. The van der Waals surface area contributed by atoms with Gasteiger partial charge in [-0.15, -0.1) is 0 Å². The second-order valence-electron chi connectivity index (χ2n) is 11.1. The zero-order valence-electron chi connectivity index (χ0n) is 23.2. The predicted octanol–water partition coefficient (Wildman–Crippen LogP) is 3.61. The Labute approximate surface area is 239 Å². The van der Waals surface area contributed by atoms with Gasteiger partial charge in [0.1, 0.15) is 11.7 Å². The molecule has 0 spiro atoms. The van der Waals surface area contributed by atoms with Crippen molar-refractivity contribution in [1.29, 1.82) is 0 Å². The Morgan fingerprint density at radius 1 is 1.02 bits per heavy atom. The van der Waals surface area contributed by atoms with Crippen molar-refractivity contribution in [2.24, 2.45) is 0 Å². The monoisotopic (exact) mass is 553 g/mol. The van der Waals surface area contributed by atoms with Gasteiger partial charge < -0.3 is 25.0 Å². The highest BCUT2D eigenvalue weighted by molar-refractivity contribution is 6.00. The van der Waals surface area contributed by atoms with Crippen LogP contribution in [-0.2, 0) is 17.1 Å². The normalized spacial score (nSPS) is 20.4. The first kappa shape index (κ1) is 27.1. The lowest BCUT2D eigenvalue weighted by molar-refractivity contribution is -0.139. The first-order chi connectivity index (χ1) is 19.8. The van der Waals surface area contributed by atoms with Gasteiger partial charge in [-0.2, -0.15) is 0 Å². The standard InChI is InChI=1S/C32H35N5O4/c1-35-16-18-36(19-17-35)15-7-11-25(31(39)40)29-33-27-14-13-23(20-28(27)34-29)32(41)26-12-6-5-10-24(26)30(38)37(32)21-22-8-3-2-4-9-22/h2-6,8-10,12-14,20,25,41H,7,11,15-19,21H2,1H3,(H,33,34)(H,39,40). The lowest BCUT2D eigenvalue weighted by Gasteiger charge is -2.35. The number of amides is 1. The van der Waals surface area contributed by atoms with E-state index >= 15 is 0 Å². The number of imidazole rings is 1. The summed E-state index contributed by atoms with van der Waals surface area (Å²) in [4.78, 5) is 39.8. The number of benzene rings is 3. The molecule has 0 bridgehead atoms. The van der Waals surface area contributed by atoms with E-state index in [1.165, 1.54) is 4.90 Å². The van der Waals surface area contributed by atoms with E-state index in [0.29, 0.717) is 40.0 Å². The van der Waals surface area contributed by atoms with Crippen molar-refractivity contribution in [3.8, 4) is 0 Å². The highest BCUT2D eigenvalue weighted by Gasteiger charge is 2.49. The number of carbonyl (C=O) groups is 2. The largest absolute Gasteiger partial charge is 0.481 e. The van der Waals surface area contributed by atoms with Crippen molar-refractivity contribution >= 4 is 22.9 Å². The van der Waals surface area contributed by atoms with Gasteiger partial charge in [0, 0.05) is 49.4 Å². The molecule has 3 N–H and O–H groups in total. The van der Waals surface area contributed by atoms with Crippen molar-refractivity contribution in [1.82, 2.24) is 24.7 Å². The number of aromatic amines is 1. The van der Waals surface area contributed by atoms with Gasteiger partial charge in [-0.1, -0.05) is 54.6 Å². The van der Waals surface area contributed by atoms with Gasteiger partial charge in [-0.3, -0.25) is 14.5 Å². The highest BCUT2D eigenvalue weighted by atomic mass is 16.4. The average Bonchev–Trinajstić information content (AvgIpc) is 3.50. The highest BCUT2D eigenvalue weighted by Crippen LogP contribution is 2.43. The summed E-state index contributed by atoms with van der Waals surface area (Å²) in [6.07, 6.45) is 1.24. The Morgan fingerprint density at radius 2 is 1.76 bits per heavy atom. The maximum atomic E-state index is 13.5. The number of likely N-dealkylation sites (N-methyl/N-ethyl adjacent to an activating group) is 1. The second-order valence-corrected chi connectivity index (χ2v) is 11.1. The molecule has 0 saturated carbocycles. The van der Waals surface area contributed by atoms with Crippen molar-refractivity contribution in [3.63, 3.8) is 0 Å². The van der Waals surface area contributed by atoms with Crippen LogP contribution in [0.1, 0.15) is 51.6 Å². The third-order valence-electron chi connectivity index (χ3n) is 8.45. The molecule has 0 radical (unpaired) electrons. The molecule has 3 heterocycles. The number of H-pyrrole nitrogens is 1. The molecular formula is C32H35N5O4. The van der Waals surface area contributed by atoms with E-state index in [1.807, 2.05) is 36.4 Å². The van der Waals surface area contributed by atoms with Gasteiger partial charge >= 0.3 is 5.97 Å². The summed E-state index contributed by atoms with van der Waals surface area (Å²) < 4.78 is 0. The van der Waals surface area contributed by atoms with Crippen LogP contribution in [0.25, 0.3) is 11.0 Å². The molecule has 3 aromatic carbocycles. The molecule has 2 aliphatic rings. The van der Waals surface area contributed by atoms with Crippen molar-refractivity contribution in [3.05, 3.63) is 101 Å². The zero-order valence-corrected chi connectivity index (χ0v) is 23.2. The molecule has 1 amide bonds. The number of piperazine rings is 1. The Hall–Kier alpha value is -4.05. The lowest BCUT2D eigenvalue weighted by atomic mass is 9.93. The number of aliphatic carboxylic acids is 1. The minimum Gasteiger partial charge on any atom is -0.481 e. The molecule has 1 saturated heterocycles. The van der Waals surface area contributed by atoms with Gasteiger partial charge in [0.25, 0.3) is 5.91 Å². The van der Waals surface area contributed by atoms with Crippen molar-refractivity contribution in [2.45, 2.75) is 31.0 Å². The first-order valence-electron chi connectivity index (χ1n) is 14.2. The molecule has 1 fully saturated rings. The molecule has 2 aliphatic heterocycles. The van der Waals surface area contributed by atoms with Crippen LogP contribution in [0.2, 0.25) is 0 Å². The third-order valence-corrected chi connectivity index (χ3v) is 8.45. The quantitative estimate of drug-likeness (QED) is 0.290. The molecule has 6 rings (SSSR count). The fourth-order valence-corrected chi connectivity index (χ4v) is 6.05. The number of carbonyl (C=O) groups excluding carboxylic acids is 1. The van der Waals surface area contributed by atoms with Gasteiger partial charge in [0.05, 0.1) is 11.0 Å². The smallest absolute Gasteiger partial charge is 0.314 e. The predicted molar refractivity (Wildman–Crippen MR) is 155 cm³/mol. The Kier molecular flexibility index (Phi) is 7.33. The topological polar surface area (TPSA) is 113 Å². The molecule has 4 aromatic rings. The molecule has 1 aromatic heterocycles. The average molecular weight is 554 g/mol. The molecule has 9 nitrogen and oxygen atoms in total. The van der Waals surface area contributed by atoms with Crippen LogP contribution in [-0.4, -0.2) is 86.5 Å². The molecule has 2 unspecified atom stereocenters. The van der Waals surface area contributed by atoms with Gasteiger partial charge in [0.2, 0.25) is 0 Å². The molecule has 0 aliphatic carbocycles. The first-order valence-corrected chi connectivity index (χ1v) is 14.2. The van der Waals surface area contributed by atoms with E-state index in [2.05, 4.69) is 26.8 Å². The number of nitrogens with one attached hydrogen (secondary N) is 1. The van der Waals surface area contributed by atoms with Crippen LogP contribution in [0.5, 0.6) is 0 Å².